The molecule has 0 N–H and O–H groups in total. The van der Waals surface area contributed by atoms with Gasteiger partial charge in [-0.1, -0.05) is 6.07 Å². The Bertz CT molecular complexity index is 691. The number of fused-ring (bicyclic) bond motifs is 1. The Hall–Kier alpha value is -2.47. The van der Waals surface area contributed by atoms with E-state index in [-0.39, 0.29) is 24.9 Å². The predicted octanol–water partition coefficient (Wildman–Crippen LogP) is 3.77. The van der Waals surface area contributed by atoms with Gasteiger partial charge in [0.05, 0.1) is 4.92 Å². The van der Waals surface area contributed by atoms with Crippen molar-refractivity contribution in [2.75, 3.05) is 18.2 Å². The molecule has 0 saturated carbocycles. The lowest BCUT2D eigenvalue weighted by atomic mass is 10.1. The molecule has 0 unspecified atom stereocenters. The van der Waals surface area contributed by atoms with Gasteiger partial charge in [-0.25, -0.2) is 0 Å². The Kier molecular flexibility index (Phi) is 5.28. The first-order valence-electron chi connectivity index (χ1n) is 7.05. The molecule has 2 aromatic carbocycles. The molecule has 2 aromatic rings. The third-order valence-corrected chi connectivity index (χ3v) is 3.62. The third kappa shape index (κ3) is 3.65. The van der Waals surface area contributed by atoms with Crippen LogP contribution in [-0.2, 0) is 6.54 Å². The summed E-state index contributed by atoms with van der Waals surface area (Å²) in [7, 11) is 0. The molecule has 3 rings (SSSR count). The van der Waals surface area contributed by atoms with E-state index in [4.69, 9.17) is 9.47 Å². The van der Waals surface area contributed by atoms with E-state index in [2.05, 4.69) is 4.90 Å². The highest BCUT2D eigenvalue weighted by Gasteiger charge is 2.15. The van der Waals surface area contributed by atoms with Crippen molar-refractivity contribution in [1.82, 2.24) is 0 Å². The fourth-order valence-electron chi connectivity index (χ4n) is 2.43. The van der Waals surface area contributed by atoms with Gasteiger partial charge in [-0.3, -0.25) is 10.1 Å². The second kappa shape index (κ2) is 7.19. The standard InChI is InChI=1S/C16H16N2O4.ClH/c1-2-17(13-4-6-14(7-5-13)18(19)20)10-12-3-8-15-16(9-12)22-11-21-15;/h3-9H,2,10-11H2,1H3;1H. The fourth-order valence-corrected chi connectivity index (χ4v) is 2.43. The molecule has 0 aromatic heterocycles. The summed E-state index contributed by atoms with van der Waals surface area (Å²) in [5, 5.41) is 10.7. The Morgan fingerprint density at radius 1 is 1.13 bits per heavy atom. The quantitative estimate of drug-likeness (QED) is 0.614. The van der Waals surface area contributed by atoms with Crippen molar-refractivity contribution in [2.24, 2.45) is 0 Å². The minimum absolute atomic E-state index is 0. The highest BCUT2D eigenvalue weighted by molar-refractivity contribution is 5.85. The second-order valence-electron chi connectivity index (χ2n) is 4.98. The summed E-state index contributed by atoms with van der Waals surface area (Å²) in [6, 6.07) is 12.5. The molecule has 23 heavy (non-hydrogen) atoms. The Labute approximate surface area is 140 Å². The van der Waals surface area contributed by atoms with Crippen LogP contribution in [0.3, 0.4) is 0 Å². The number of benzene rings is 2. The summed E-state index contributed by atoms with van der Waals surface area (Å²) >= 11 is 0. The van der Waals surface area contributed by atoms with Crippen molar-refractivity contribution >= 4 is 23.8 Å². The van der Waals surface area contributed by atoms with Gasteiger partial charge in [0, 0.05) is 30.9 Å². The zero-order chi connectivity index (χ0) is 15.5. The van der Waals surface area contributed by atoms with E-state index in [0.29, 0.717) is 6.54 Å². The molecule has 0 bridgehead atoms. The number of hydrogen-bond acceptors (Lipinski definition) is 5. The molecule has 122 valence electrons. The predicted molar refractivity (Wildman–Crippen MR) is 89.6 cm³/mol. The van der Waals surface area contributed by atoms with Crippen LogP contribution in [0.15, 0.2) is 42.5 Å². The molecule has 0 atom stereocenters. The van der Waals surface area contributed by atoms with Gasteiger partial charge in [-0.05, 0) is 36.8 Å². The lowest BCUT2D eigenvalue weighted by Gasteiger charge is -2.23. The Balaban J connectivity index is 0.00000192. The van der Waals surface area contributed by atoms with Crippen molar-refractivity contribution in [3.8, 4) is 11.5 Å². The monoisotopic (exact) mass is 336 g/mol. The fraction of sp³-hybridized carbons (Fsp3) is 0.250. The molecule has 0 saturated heterocycles. The summed E-state index contributed by atoms with van der Waals surface area (Å²) in [6.45, 7) is 3.81. The maximum Gasteiger partial charge on any atom is 0.269 e. The molecular formula is C16H17ClN2O4. The number of hydrogen-bond donors (Lipinski definition) is 0. The van der Waals surface area contributed by atoms with Gasteiger partial charge in [-0.15, -0.1) is 12.4 Å². The maximum atomic E-state index is 10.7. The molecule has 0 aliphatic carbocycles. The van der Waals surface area contributed by atoms with Crippen molar-refractivity contribution in [1.29, 1.82) is 0 Å². The summed E-state index contributed by atoms with van der Waals surface area (Å²) < 4.78 is 10.7. The minimum atomic E-state index is -0.391. The van der Waals surface area contributed by atoms with Crippen LogP contribution in [0.4, 0.5) is 11.4 Å². The van der Waals surface area contributed by atoms with Crippen LogP contribution in [0.25, 0.3) is 0 Å². The molecule has 0 radical (unpaired) electrons. The van der Waals surface area contributed by atoms with E-state index >= 15 is 0 Å². The number of nitro groups is 1. The zero-order valence-corrected chi connectivity index (χ0v) is 13.4. The molecule has 7 heteroatoms. The van der Waals surface area contributed by atoms with E-state index < -0.39 is 4.92 Å². The van der Waals surface area contributed by atoms with Crippen LogP contribution in [-0.4, -0.2) is 18.3 Å². The Morgan fingerprint density at radius 3 is 2.48 bits per heavy atom. The van der Waals surface area contributed by atoms with Gasteiger partial charge >= 0.3 is 0 Å². The summed E-state index contributed by atoms with van der Waals surface area (Å²) in [6.07, 6.45) is 0. The highest BCUT2D eigenvalue weighted by Crippen LogP contribution is 2.33. The summed E-state index contributed by atoms with van der Waals surface area (Å²) in [4.78, 5) is 12.5. The lowest BCUT2D eigenvalue weighted by Crippen LogP contribution is -2.21. The van der Waals surface area contributed by atoms with E-state index in [1.807, 2.05) is 25.1 Å². The number of nitro benzene ring substituents is 1. The van der Waals surface area contributed by atoms with Crippen molar-refractivity contribution in [2.45, 2.75) is 13.5 Å². The number of halogens is 1. The molecule has 1 aliphatic heterocycles. The van der Waals surface area contributed by atoms with Gasteiger partial charge in [0.15, 0.2) is 11.5 Å². The van der Waals surface area contributed by atoms with Crippen LogP contribution in [0.1, 0.15) is 12.5 Å². The molecule has 0 fully saturated rings. The van der Waals surface area contributed by atoms with Gasteiger partial charge < -0.3 is 14.4 Å². The molecular weight excluding hydrogens is 320 g/mol. The maximum absolute atomic E-state index is 10.7. The second-order valence-corrected chi connectivity index (χ2v) is 4.98. The molecule has 0 spiro atoms. The smallest absolute Gasteiger partial charge is 0.269 e. The van der Waals surface area contributed by atoms with E-state index in [0.717, 1.165) is 29.3 Å². The van der Waals surface area contributed by atoms with Crippen molar-refractivity contribution in [3.05, 3.63) is 58.1 Å². The number of rotatable bonds is 5. The normalized spacial score (nSPS) is 11.7. The molecule has 6 nitrogen and oxygen atoms in total. The topological polar surface area (TPSA) is 64.8 Å². The number of ether oxygens (including phenoxy) is 2. The van der Waals surface area contributed by atoms with Crippen molar-refractivity contribution in [3.63, 3.8) is 0 Å². The van der Waals surface area contributed by atoms with Crippen LogP contribution in [0, 0.1) is 10.1 Å². The minimum Gasteiger partial charge on any atom is -0.454 e. The highest BCUT2D eigenvalue weighted by atomic mass is 35.5. The lowest BCUT2D eigenvalue weighted by molar-refractivity contribution is -0.384. The third-order valence-electron chi connectivity index (χ3n) is 3.62. The van der Waals surface area contributed by atoms with Crippen LogP contribution < -0.4 is 14.4 Å². The number of nitrogens with zero attached hydrogens (tertiary/aromatic N) is 2. The molecule has 1 heterocycles. The summed E-state index contributed by atoms with van der Waals surface area (Å²) in [5.74, 6) is 1.53. The molecule has 0 amide bonds. The van der Waals surface area contributed by atoms with Gasteiger partial charge in [0.25, 0.3) is 5.69 Å². The number of anilines is 1. The van der Waals surface area contributed by atoms with E-state index in [1.165, 1.54) is 12.1 Å². The van der Waals surface area contributed by atoms with Gasteiger partial charge in [0.1, 0.15) is 0 Å². The largest absolute Gasteiger partial charge is 0.454 e. The number of non-ortho nitro benzene ring substituents is 1. The van der Waals surface area contributed by atoms with E-state index in [9.17, 15) is 10.1 Å². The van der Waals surface area contributed by atoms with Crippen LogP contribution >= 0.6 is 12.4 Å². The Morgan fingerprint density at radius 2 is 1.83 bits per heavy atom. The van der Waals surface area contributed by atoms with Gasteiger partial charge in [0.2, 0.25) is 6.79 Å². The SMILES string of the molecule is CCN(Cc1ccc2c(c1)OCO2)c1ccc([N+](=O)[O-])cc1.Cl. The average Bonchev–Trinajstić information content (AvgIpc) is 3.00. The average molecular weight is 337 g/mol. The van der Waals surface area contributed by atoms with Crippen molar-refractivity contribution < 1.29 is 14.4 Å². The first kappa shape index (κ1) is 16.9. The van der Waals surface area contributed by atoms with Crippen LogP contribution in [0.2, 0.25) is 0 Å². The molecule has 1 aliphatic rings. The first-order valence-corrected chi connectivity index (χ1v) is 7.05. The van der Waals surface area contributed by atoms with Crippen LogP contribution in [0.5, 0.6) is 11.5 Å². The van der Waals surface area contributed by atoms with Gasteiger partial charge in [-0.2, -0.15) is 0 Å². The summed E-state index contributed by atoms with van der Waals surface area (Å²) in [5.41, 5.74) is 2.15. The zero-order valence-electron chi connectivity index (χ0n) is 12.6. The van der Waals surface area contributed by atoms with E-state index in [1.54, 1.807) is 12.1 Å². The first-order chi connectivity index (χ1) is 10.7.